The molecule has 0 heterocycles. The number of amides is 2. The highest BCUT2D eigenvalue weighted by atomic mass is 32.2. The Morgan fingerprint density at radius 3 is 2.75 bits per heavy atom. The number of nitrogens with one attached hydrogen (secondary N) is 1. The first-order chi connectivity index (χ1) is 7.56. The second kappa shape index (κ2) is 6.13. The molecular formula is C11H20N2O2S. The summed E-state index contributed by atoms with van der Waals surface area (Å²) in [5, 5.41) is 2.94. The van der Waals surface area contributed by atoms with Crippen LogP contribution in [0.25, 0.3) is 0 Å². The van der Waals surface area contributed by atoms with Crippen LogP contribution in [0, 0.1) is 11.8 Å². The van der Waals surface area contributed by atoms with Gasteiger partial charge in [0.1, 0.15) is 0 Å². The second-order valence-electron chi connectivity index (χ2n) is 4.41. The SMILES string of the molecule is CSCC(C)C(=O)NC1CCCC1C(N)=O. The smallest absolute Gasteiger partial charge is 0.223 e. The lowest BCUT2D eigenvalue weighted by molar-refractivity contribution is -0.126. The Bertz CT molecular complexity index is 271. The van der Waals surface area contributed by atoms with Crippen LogP contribution in [0.1, 0.15) is 26.2 Å². The fourth-order valence-electron chi connectivity index (χ4n) is 2.12. The van der Waals surface area contributed by atoms with Crippen LogP contribution in [-0.2, 0) is 9.59 Å². The molecule has 2 amide bonds. The number of thioether (sulfide) groups is 1. The van der Waals surface area contributed by atoms with Crippen molar-refractivity contribution in [2.75, 3.05) is 12.0 Å². The minimum absolute atomic E-state index is 0.0101. The lowest BCUT2D eigenvalue weighted by atomic mass is 10.0. The van der Waals surface area contributed by atoms with Gasteiger partial charge < -0.3 is 11.1 Å². The summed E-state index contributed by atoms with van der Waals surface area (Å²) in [4.78, 5) is 22.9. The van der Waals surface area contributed by atoms with E-state index in [1.807, 2.05) is 13.2 Å². The fourth-order valence-corrected chi connectivity index (χ4v) is 2.78. The summed E-state index contributed by atoms with van der Waals surface area (Å²) >= 11 is 1.65. The van der Waals surface area contributed by atoms with Gasteiger partial charge in [-0.2, -0.15) is 11.8 Å². The monoisotopic (exact) mass is 244 g/mol. The minimum atomic E-state index is -0.291. The maximum atomic E-state index is 11.8. The molecule has 1 aliphatic rings. The molecule has 0 aromatic rings. The van der Waals surface area contributed by atoms with Crippen LogP contribution in [0.2, 0.25) is 0 Å². The molecule has 0 aliphatic heterocycles. The largest absolute Gasteiger partial charge is 0.369 e. The average molecular weight is 244 g/mol. The van der Waals surface area contributed by atoms with Crippen molar-refractivity contribution in [3.63, 3.8) is 0 Å². The Kier molecular flexibility index (Phi) is 5.12. The molecule has 0 spiro atoms. The Hall–Kier alpha value is -0.710. The maximum Gasteiger partial charge on any atom is 0.223 e. The Morgan fingerprint density at radius 2 is 2.19 bits per heavy atom. The van der Waals surface area contributed by atoms with Gasteiger partial charge in [0.2, 0.25) is 11.8 Å². The zero-order chi connectivity index (χ0) is 12.1. The van der Waals surface area contributed by atoms with Crippen LogP contribution in [0.5, 0.6) is 0 Å². The van der Waals surface area contributed by atoms with E-state index in [0.717, 1.165) is 25.0 Å². The molecule has 1 fully saturated rings. The lowest BCUT2D eigenvalue weighted by Gasteiger charge is -2.20. The molecule has 1 aliphatic carbocycles. The fraction of sp³-hybridized carbons (Fsp3) is 0.818. The quantitative estimate of drug-likeness (QED) is 0.750. The van der Waals surface area contributed by atoms with Crippen molar-refractivity contribution in [2.24, 2.45) is 17.6 Å². The number of hydrogen-bond donors (Lipinski definition) is 2. The van der Waals surface area contributed by atoms with Gasteiger partial charge in [-0.1, -0.05) is 13.3 Å². The predicted molar refractivity (Wildman–Crippen MR) is 66.0 cm³/mol. The second-order valence-corrected chi connectivity index (χ2v) is 5.32. The Morgan fingerprint density at radius 1 is 1.50 bits per heavy atom. The molecule has 0 saturated heterocycles. The summed E-state index contributed by atoms with van der Waals surface area (Å²) in [6.45, 7) is 1.90. The van der Waals surface area contributed by atoms with Gasteiger partial charge >= 0.3 is 0 Å². The van der Waals surface area contributed by atoms with Gasteiger partial charge in [0.15, 0.2) is 0 Å². The lowest BCUT2D eigenvalue weighted by Crippen LogP contribution is -2.44. The summed E-state index contributed by atoms with van der Waals surface area (Å²) < 4.78 is 0. The van der Waals surface area contributed by atoms with E-state index >= 15 is 0 Å². The van der Waals surface area contributed by atoms with Crippen molar-refractivity contribution in [3.8, 4) is 0 Å². The number of primary amides is 1. The highest BCUT2D eigenvalue weighted by Crippen LogP contribution is 2.25. The van der Waals surface area contributed by atoms with E-state index < -0.39 is 0 Å². The molecule has 16 heavy (non-hydrogen) atoms. The molecule has 0 aromatic heterocycles. The Labute approximate surface area is 101 Å². The Balaban J connectivity index is 2.47. The number of nitrogens with two attached hydrogens (primary N) is 1. The predicted octanol–water partition coefficient (Wildman–Crippen LogP) is 0.756. The third kappa shape index (κ3) is 3.40. The highest BCUT2D eigenvalue weighted by molar-refractivity contribution is 7.98. The van der Waals surface area contributed by atoms with Crippen LogP contribution < -0.4 is 11.1 Å². The van der Waals surface area contributed by atoms with Crippen molar-refractivity contribution < 1.29 is 9.59 Å². The van der Waals surface area contributed by atoms with Crippen LogP contribution in [0.3, 0.4) is 0 Å². The van der Waals surface area contributed by atoms with E-state index in [0.29, 0.717) is 0 Å². The first kappa shape index (κ1) is 13.4. The molecule has 1 saturated carbocycles. The molecule has 0 aromatic carbocycles. The molecule has 4 nitrogen and oxygen atoms in total. The standard InChI is InChI=1S/C11H20N2O2S/c1-7(6-16-2)11(15)13-9-5-3-4-8(9)10(12)14/h7-9H,3-6H2,1-2H3,(H2,12,14)(H,13,15). The van der Waals surface area contributed by atoms with Crippen LogP contribution in [-0.4, -0.2) is 29.9 Å². The molecule has 0 radical (unpaired) electrons. The van der Waals surface area contributed by atoms with Crippen LogP contribution >= 0.6 is 11.8 Å². The normalized spacial score (nSPS) is 26.4. The van der Waals surface area contributed by atoms with Gasteiger partial charge in [-0.05, 0) is 19.1 Å². The topological polar surface area (TPSA) is 72.2 Å². The summed E-state index contributed by atoms with van der Waals surface area (Å²) in [7, 11) is 0. The molecular weight excluding hydrogens is 224 g/mol. The summed E-state index contributed by atoms with van der Waals surface area (Å²) in [6, 6.07) is -0.0469. The third-order valence-electron chi connectivity index (χ3n) is 3.07. The molecule has 3 unspecified atom stereocenters. The van der Waals surface area contributed by atoms with Crippen LogP contribution in [0.4, 0.5) is 0 Å². The van der Waals surface area contributed by atoms with E-state index in [1.54, 1.807) is 11.8 Å². The summed E-state index contributed by atoms with van der Waals surface area (Å²) in [5.74, 6) is 0.363. The first-order valence-electron chi connectivity index (χ1n) is 5.65. The summed E-state index contributed by atoms with van der Waals surface area (Å²) in [5.41, 5.74) is 5.30. The third-order valence-corrected chi connectivity index (χ3v) is 3.91. The molecule has 92 valence electrons. The van der Waals surface area contributed by atoms with Crippen molar-refractivity contribution in [1.29, 1.82) is 0 Å². The molecule has 3 N–H and O–H groups in total. The van der Waals surface area contributed by atoms with E-state index in [1.165, 1.54) is 0 Å². The van der Waals surface area contributed by atoms with Crippen molar-refractivity contribution in [2.45, 2.75) is 32.2 Å². The van der Waals surface area contributed by atoms with E-state index in [4.69, 9.17) is 5.73 Å². The zero-order valence-corrected chi connectivity index (χ0v) is 10.7. The number of carbonyl (C=O) groups is 2. The first-order valence-corrected chi connectivity index (χ1v) is 7.04. The highest BCUT2D eigenvalue weighted by Gasteiger charge is 2.33. The summed E-state index contributed by atoms with van der Waals surface area (Å²) in [6.07, 6.45) is 4.61. The minimum Gasteiger partial charge on any atom is -0.369 e. The van der Waals surface area contributed by atoms with Crippen molar-refractivity contribution in [3.05, 3.63) is 0 Å². The molecule has 0 bridgehead atoms. The molecule has 1 rings (SSSR count). The molecule has 5 heteroatoms. The number of rotatable bonds is 5. The van der Waals surface area contributed by atoms with E-state index in [9.17, 15) is 9.59 Å². The van der Waals surface area contributed by atoms with Gasteiger partial charge in [0.25, 0.3) is 0 Å². The molecule has 3 atom stereocenters. The average Bonchev–Trinajstić information content (AvgIpc) is 2.66. The van der Waals surface area contributed by atoms with Gasteiger partial charge in [-0.15, -0.1) is 0 Å². The van der Waals surface area contributed by atoms with Crippen molar-refractivity contribution >= 4 is 23.6 Å². The zero-order valence-electron chi connectivity index (χ0n) is 9.86. The van der Waals surface area contributed by atoms with Crippen molar-refractivity contribution in [1.82, 2.24) is 5.32 Å². The maximum absolute atomic E-state index is 11.8. The van der Waals surface area contributed by atoms with E-state index in [-0.39, 0.29) is 29.7 Å². The van der Waals surface area contributed by atoms with E-state index in [2.05, 4.69) is 5.32 Å². The van der Waals surface area contributed by atoms with Crippen LogP contribution in [0.15, 0.2) is 0 Å². The number of carbonyl (C=O) groups excluding carboxylic acids is 2. The van der Waals surface area contributed by atoms with Gasteiger partial charge in [0, 0.05) is 17.7 Å². The number of hydrogen-bond acceptors (Lipinski definition) is 3. The van der Waals surface area contributed by atoms with Gasteiger partial charge in [-0.25, -0.2) is 0 Å². The van der Waals surface area contributed by atoms with Gasteiger partial charge in [-0.3, -0.25) is 9.59 Å². The van der Waals surface area contributed by atoms with Gasteiger partial charge in [0.05, 0.1) is 5.92 Å².